The first-order chi connectivity index (χ1) is 22.7. The summed E-state index contributed by atoms with van der Waals surface area (Å²) in [6, 6.07) is 12.2. The van der Waals surface area contributed by atoms with E-state index in [4.69, 9.17) is 0 Å². The summed E-state index contributed by atoms with van der Waals surface area (Å²) >= 11 is 0. The molecule has 1 heteroatoms. The van der Waals surface area contributed by atoms with E-state index in [-0.39, 0.29) is 0 Å². The van der Waals surface area contributed by atoms with Gasteiger partial charge >= 0.3 is 0 Å². The second-order valence-corrected chi connectivity index (χ2v) is 15.0. The van der Waals surface area contributed by atoms with Crippen LogP contribution in [-0.2, 0) is 0 Å². The Bertz CT molecular complexity index is 715. The average Bonchev–Trinajstić information content (AvgIpc) is 3.08. The number of benzene rings is 1. The van der Waals surface area contributed by atoms with Crippen molar-refractivity contribution in [2.45, 2.75) is 226 Å². The Morgan fingerprint density at radius 1 is 0.435 bits per heavy atom. The molecular weight excluding hydrogens is 555 g/mol. The van der Waals surface area contributed by atoms with E-state index < -0.39 is 0 Å². The molecule has 46 heavy (non-hydrogen) atoms. The first-order valence-electron chi connectivity index (χ1n) is 21.3. The zero-order chi connectivity index (χ0) is 33.2. The SMILES string of the molecule is C=C[N+](CCCCCCCCCCCC)(CCCCCCCCCCCC)C(CCCCCCCCCCCC)c1ccccc1. The third kappa shape index (κ3) is 22.5. The van der Waals surface area contributed by atoms with Crippen molar-refractivity contribution in [2.75, 3.05) is 13.1 Å². The molecule has 0 aliphatic rings. The van der Waals surface area contributed by atoms with Gasteiger partial charge in [0.25, 0.3) is 0 Å². The van der Waals surface area contributed by atoms with Crippen molar-refractivity contribution in [3.63, 3.8) is 0 Å². The van der Waals surface area contributed by atoms with Crippen LogP contribution in [0.2, 0.25) is 0 Å². The Hall–Kier alpha value is -1.08. The topological polar surface area (TPSA) is 0 Å². The molecular formula is C45H84N+. The maximum atomic E-state index is 4.58. The van der Waals surface area contributed by atoms with Gasteiger partial charge in [0.1, 0.15) is 6.04 Å². The van der Waals surface area contributed by atoms with Crippen LogP contribution in [0.3, 0.4) is 0 Å². The van der Waals surface area contributed by atoms with Gasteiger partial charge in [-0.3, -0.25) is 4.48 Å². The van der Waals surface area contributed by atoms with Crippen LogP contribution < -0.4 is 0 Å². The molecule has 0 radical (unpaired) electrons. The van der Waals surface area contributed by atoms with E-state index in [0.29, 0.717) is 6.04 Å². The van der Waals surface area contributed by atoms with Gasteiger partial charge in [-0.05, 0) is 38.7 Å². The molecule has 0 aliphatic heterocycles. The van der Waals surface area contributed by atoms with Crippen LogP contribution in [0.5, 0.6) is 0 Å². The second kappa shape index (κ2) is 32.5. The summed E-state index contributed by atoms with van der Waals surface area (Å²) in [6.45, 7) is 14.1. The largest absolute Gasteiger partial charge is 0.292 e. The van der Waals surface area contributed by atoms with Crippen molar-refractivity contribution in [3.05, 3.63) is 48.7 Å². The van der Waals surface area contributed by atoms with E-state index in [1.165, 1.54) is 212 Å². The minimum absolute atomic E-state index is 0.560. The zero-order valence-electron chi connectivity index (χ0n) is 32.0. The monoisotopic (exact) mass is 639 g/mol. The van der Waals surface area contributed by atoms with Crippen molar-refractivity contribution in [1.29, 1.82) is 0 Å². The molecule has 1 atom stereocenters. The standard InChI is InChI=1S/C45H84N/c1-5-9-12-15-18-21-24-27-30-36-41-45(44-39-34-33-35-40-44)46(8-4,42-37-31-28-25-22-19-16-13-10-6-2)43-38-32-29-26-23-20-17-14-11-7-3/h8,33-35,39-40,45H,4-7,9-32,36-38,41-43H2,1-3H3/q+1. The van der Waals surface area contributed by atoms with Gasteiger partial charge in [0, 0.05) is 12.0 Å². The van der Waals surface area contributed by atoms with E-state index in [1.807, 2.05) is 0 Å². The molecule has 0 N–H and O–H groups in total. The first-order valence-corrected chi connectivity index (χ1v) is 21.3. The smallest absolute Gasteiger partial charge is 0.119 e. The first kappa shape index (κ1) is 42.9. The van der Waals surface area contributed by atoms with E-state index in [2.05, 4.69) is 63.9 Å². The van der Waals surface area contributed by atoms with Gasteiger partial charge in [-0.15, -0.1) is 0 Å². The Morgan fingerprint density at radius 2 is 0.739 bits per heavy atom. The number of rotatable bonds is 36. The lowest BCUT2D eigenvalue weighted by molar-refractivity contribution is -0.911. The van der Waals surface area contributed by atoms with Crippen molar-refractivity contribution in [2.24, 2.45) is 0 Å². The van der Waals surface area contributed by atoms with Crippen molar-refractivity contribution >= 4 is 0 Å². The molecule has 0 bridgehead atoms. The molecule has 0 aromatic heterocycles. The van der Waals surface area contributed by atoms with Crippen molar-refractivity contribution in [1.82, 2.24) is 0 Å². The summed E-state index contributed by atoms with van der Waals surface area (Å²) in [5, 5.41) is 0. The van der Waals surface area contributed by atoms with Gasteiger partial charge in [0.05, 0.1) is 19.3 Å². The van der Waals surface area contributed by atoms with E-state index in [1.54, 1.807) is 5.56 Å². The molecule has 0 fully saturated rings. The lowest BCUT2D eigenvalue weighted by atomic mass is 9.94. The molecule has 0 saturated heterocycles. The number of hydrogen-bond donors (Lipinski definition) is 0. The maximum absolute atomic E-state index is 4.58. The molecule has 0 saturated carbocycles. The minimum Gasteiger partial charge on any atom is -0.292 e. The minimum atomic E-state index is 0.560. The molecule has 0 heterocycles. The van der Waals surface area contributed by atoms with E-state index in [9.17, 15) is 0 Å². The molecule has 1 unspecified atom stereocenters. The van der Waals surface area contributed by atoms with Crippen LogP contribution in [0.4, 0.5) is 0 Å². The number of nitrogens with zero attached hydrogens (tertiary/aromatic N) is 1. The van der Waals surface area contributed by atoms with Gasteiger partial charge in [-0.1, -0.05) is 212 Å². The van der Waals surface area contributed by atoms with Gasteiger partial charge < -0.3 is 0 Å². The third-order valence-electron chi connectivity index (χ3n) is 10.9. The molecule has 1 nitrogen and oxygen atoms in total. The van der Waals surface area contributed by atoms with Crippen molar-refractivity contribution < 1.29 is 4.48 Å². The highest BCUT2D eigenvalue weighted by Crippen LogP contribution is 2.36. The summed E-state index contributed by atoms with van der Waals surface area (Å²) in [6.07, 6.45) is 46.1. The number of quaternary nitrogens is 1. The normalized spacial score (nSPS) is 12.5. The molecule has 1 rings (SSSR count). The number of unbranched alkanes of at least 4 members (excludes halogenated alkanes) is 27. The highest BCUT2D eigenvalue weighted by molar-refractivity contribution is 5.17. The predicted molar refractivity (Wildman–Crippen MR) is 210 cm³/mol. The summed E-state index contributed by atoms with van der Waals surface area (Å²) in [5.41, 5.74) is 1.55. The van der Waals surface area contributed by atoms with Crippen LogP contribution in [0.15, 0.2) is 43.1 Å². The molecule has 1 aromatic carbocycles. The van der Waals surface area contributed by atoms with Crippen LogP contribution in [0.25, 0.3) is 0 Å². The summed E-state index contributed by atoms with van der Waals surface area (Å²) < 4.78 is 1.11. The Labute approximate surface area is 291 Å². The second-order valence-electron chi connectivity index (χ2n) is 15.0. The Morgan fingerprint density at radius 3 is 1.07 bits per heavy atom. The quantitative estimate of drug-likeness (QED) is 0.0507. The fraction of sp³-hybridized carbons (Fsp3) is 0.822. The third-order valence-corrected chi connectivity index (χ3v) is 10.9. The summed E-state index contributed by atoms with van der Waals surface area (Å²) in [7, 11) is 0. The van der Waals surface area contributed by atoms with Gasteiger partial charge in [-0.2, -0.15) is 0 Å². The summed E-state index contributed by atoms with van der Waals surface area (Å²) in [4.78, 5) is 0. The maximum Gasteiger partial charge on any atom is 0.119 e. The van der Waals surface area contributed by atoms with Gasteiger partial charge in [-0.25, -0.2) is 0 Å². The molecule has 0 aliphatic carbocycles. The van der Waals surface area contributed by atoms with E-state index in [0.717, 1.165) is 4.48 Å². The van der Waals surface area contributed by atoms with Crippen LogP contribution >= 0.6 is 0 Å². The van der Waals surface area contributed by atoms with Crippen LogP contribution in [0, 0.1) is 0 Å². The highest BCUT2D eigenvalue weighted by atomic mass is 15.4. The van der Waals surface area contributed by atoms with Gasteiger partial charge in [0.2, 0.25) is 0 Å². The fourth-order valence-corrected chi connectivity index (χ4v) is 7.74. The zero-order valence-corrected chi connectivity index (χ0v) is 32.0. The average molecular weight is 639 g/mol. The van der Waals surface area contributed by atoms with Crippen molar-refractivity contribution in [3.8, 4) is 0 Å². The summed E-state index contributed by atoms with van der Waals surface area (Å²) in [5.74, 6) is 0. The molecule has 268 valence electrons. The lowest BCUT2D eigenvalue weighted by Crippen LogP contribution is -2.47. The predicted octanol–water partition coefficient (Wildman–Crippen LogP) is 15.8. The van der Waals surface area contributed by atoms with Crippen LogP contribution in [-0.4, -0.2) is 17.6 Å². The Balaban J connectivity index is 2.71. The fourth-order valence-electron chi connectivity index (χ4n) is 7.74. The molecule has 0 amide bonds. The van der Waals surface area contributed by atoms with Gasteiger partial charge in [0.15, 0.2) is 0 Å². The van der Waals surface area contributed by atoms with E-state index >= 15 is 0 Å². The lowest BCUT2D eigenvalue weighted by Gasteiger charge is -2.43. The highest BCUT2D eigenvalue weighted by Gasteiger charge is 2.34. The molecule has 0 spiro atoms. The molecule has 1 aromatic rings. The number of hydrogen-bond acceptors (Lipinski definition) is 0. The van der Waals surface area contributed by atoms with Crippen LogP contribution in [0.1, 0.15) is 231 Å². The Kier molecular flexibility index (Phi) is 30.3.